The van der Waals surface area contributed by atoms with Crippen molar-refractivity contribution in [2.45, 2.75) is 0 Å². The molecule has 0 amide bonds. The van der Waals surface area contributed by atoms with Gasteiger partial charge in [0.05, 0.1) is 10.7 Å². The molecule has 3 rings (SSSR count). The molecule has 2 nitrogen and oxygen atoms in total. The molecule has 0 fully saturated rings. The number of nitrogens with zero attached hydrogens (tertiary/aromatic N) is 2. The van der Waals surface area contributed by atoms with Crippen molar-refractivity contribution in [3.63, 3.8) is 0 Å². The van der Waals surface area contributed by atoms with Crippen LogP contribution < -0.4 is 0 Å². The molecule has 90 valence electrons. The maximum atomic E-state index is 6.16. The van der Waals surface area contributed by atoms with Crippen LogP contribution in [0.15, 0.2) is 42.7 Å². The lowest BCUT2D eigenvalue weighted by atomic mass is 10.2. The van der Waals surface area contributed by atoms with Crippen LogP contribution >= 0.6 is 34.8 Å². The summed E-state index contributed by atoms with van der Waals surface area (Å²) in [5.74, 6) is 0. The summed E-state index contributed by atoms with van der Waals surface area (Å²) < 4.78 is 1.89. The number of benzene rings is 1. The van der Waals surface area contributed by atoms with Crippen molar-refractivity contribution in [1.82, 2.24) is 9.38 Å². The highest BCUT2D eigenvalue weighted by atomic mass is 35.5. The summed E-state index contributed by atoms with van der Waals surface area (Å²) in [5, 5.41) is 1.84. The van der Waals surface area contributed by atoms with Crippen LogP contribution in [-0.2, 0) is 0 Å². The van der Waals surface area contributed by atoms with Crippen LogP contribution in [0.4, 0.5) is 0 Å². The molecule has 0 aliphatic rings. The third-order valence-electron chi connectivity index (χ3n) is 2.63. The van der Waals surface area contributed by atoms with Crippen LogP contribution in [-0.4, -0.2) is 9.38 Å². The van der Waals surface area contributed by atoms with Gasteiger partial charge in [0.15, 0.2) is 0 Å². The van der Waals surface area contributed by atoms with E-state index in [2.05, 4.69) is 4.98 Å². The highest BCUT2D eigenvalue weighted by Gasteiger charge is 2.08. The molecular formula is C13H7Cl3N2. The summed E-state index contributed by atoms with van der Waals surface area (Å²) in [6.45, 7) is 0. The molecule has 0 aliphatic carbocycles. The predicted octanol–water partition coefficient (Wildman–Crippen LogP) is 4.96. The molecule has 3 aromatic rings. The third kappa shape index (κ3) is 2.07. The van der Waals surface area contributed by atoms with Gasteiger partial charge in [0.2, 0.25) is 0 Å². The summed E-state index contributed by atoms with van der Waals surface area (Å²) in [5.41, 5.74) is 2.42. The summed E-state index contributed by atoms with van der Waals surface area (Å²) >= 11 is 18.0. The van der Waals surface area contributed by atoms with E-state index >= 15 is 0 Å². The van der Waals surface area contributed by atoms with Gasteiger partial charge < -0.3 is 4.40 Å². The van der Waals surface area contributed by atoms with E-state index in [-0.39, 0.29) is 0 Å². The smallest absolute Gasteiger partial charge is 0.138 e. The van der Waals surface area contributed by atoms with Crippen LogP contribution in [0.5, 0.6) is 0 Å². The lowest BCUT2D eigenvalue weighted by Crippen LogP contribution is -1.79. The Morgan fingerprint density at radius 1 is 0.944 bits per heavy atom. The molecule has 0 atom stereocenters. The fourth-order valence-corrected chi connectivity index (χ4v) is 2.44. The molecule has 2 aromatic heterocycles. The fourth-order valence-electron chi connectivity index (χ4n) is 1.78. The number of rotatable bonds is 1. The second-order valence-electron chi connectivity index (χ2n) is 3.86. The molecule has 0 saturated carbocycles. The van der Waals surface area contributed by atoms with Crippen molar-refractivity contribution in [3.8, 4) is 11.3 Å². The van der Waals surface area contributed by atoms with Gasteiger partial charge in [0.1, 0.15) is 5.65 Å². The maximum Gasteiger partial charge on any atom is 0.138 e. The highest BCUT2D eigenvalue weighted by Crippen LogP contribution is 2.30. The van der Waals surface area contributed by atoms with E-state index in [9.17, 15) is 0 Å². The number of fused-ring (bicyclic) bond motifs is 1. The second-order valence-corrected chi connectivity index (χ2v) is 5.14. The Morgan fingerprint density at radius 2 is 1.72 bits per heavy atom. The van der Waals surface area contributed by atoms with Crippen molar-refractivity contribution >= 4 is 40.4 Å². The number of pyridine rings is 1. The first kappa shape index (κ1) is 11.8. The monoisotopic (exact) mass is 296 g/mol. The van der Waals surface area contributed by atoms with E-state index in [4.69, 9.17) is 34.8 Å². The van der Waals surface area contributed by atoms with Crippen molar-refractivity contribution in [2.75, 3.05) is 0 Å². The number of hydrogen-bond acceptors (Lipinski definition) is 1. The van der Waals surface area contributed by atoms with E-state index in [0.717, 1.165) is 16.9 Å². The number of hydrogen-bond donors (Lipinski definition) is 0. The minimum absolute atomic E-state index is 0.581. The van der Waals surface area contributed by atoms with Crippen LogP contribution in [0.3, 0.4) is 0 Å². The summed E-state index contributed by atoms with van der Waals surface area (Å²) in [6.07, 6.45) is 3.76. The molecule has 0 aliphatic heterocycles. The standard InChI is InChI=1S/C13H7Cl3N2/c14-8-1-2-10(11(16)5-8)12-7-18-4-3-9(15)6-13(18)17-12/h1-7H. The Balaban J connectivity index is 2.19. The Bertz CT molecular complexity index is 734. The molecule has 0 unspecified atom stereocenters. The van der Waals surface area contributed by atoms with E-state index in [1.165, 1.54) is 0 Å². The summed E-state index contributed by atoms with van der Waals surface area (Å²) in [6, 6.07) is 8.96. The predicted molar refractivity (Wildman–Crippen MR) is 75.7 cm³/mol. The van der Waals surface area contributed by atoms with Gasteiger partial charge in [-0.2, -0.15) is 0 Å². The molecule has 0 radical (unpaired) electrons. The van der Waals surface area contributed by atoms with E-state index < -0.39 is 0 Å². The SMILES string of the molecule is Clc1ccc(-c2cn3ccc(Cl)cc3n2)c(Cl)c1. The van der Waals surface area contributed by atoms with Crippen molar-refractivity contribution in [1.29, 1.82) is 0 Å². The van der Waals surface area contributed by atoms with Crippen LogP contribution in [0, 0.1) is 0 Å². The van der Waals surface area contributed by atoms with Gasteiger partial charge in [-0.3, -0.25) is 0 Å². The minimum atomic E-state index is 0.581. The number of imidazole rings is 1. The molecular weight excluding hydrogens is 291 g/mol. The van der Waals surface area contributed by atoms with Gasteiger partial charge >= 0.3 is 0 Å². The summed E-state index contributed by atoms with van der Waals surface area (Å²) in [7, 11) is 0. The largest absolute Gasteiger partial charge is 0.306 e. The van der Waals surface area contributed by atoms with Crippen molar-refractivity contribution in [2.24, 2.45) is 0 Å². The van der Waals surface area contributed by atoms with Gasteiger partial charge in [-0.25, -0.2) is 4.98 Å². The molecule has 5 heteroatoms. The number of halogens is 3. The lowest BCUT2D eigenvalue weighted by Gasteiger charge is -2.00. The normalized spacial score (nSPS) is 11.1. The Labute approximate surface area is 119 Å². The third-order valence-corrected chi connectivity index (χ3v) is 3.41. The fraction of sp³-hybridized carbons (Fsp3) is 0. The van der Waals surface area contributed by atoms with Gasteiger partial charge in [0, 0.05) is 34.1 Å². The molecule has 1 aromatic carbocycles. The Hall–Kier alpha value is -1.22. The van der Waals surface area contributed by atoms with E-state index in [1.807, 2.05) is 28.9 Å². The molecule has 2 heterocycles. The molecule has 0 saturated heterocycles. The molecule has 0 bridgehead atoms. The second kappa shape index (κ2) is 4.47. The summed E-state index contributed by atoms with van der Waals surface area (Å²) in [4.78, 5) is 4.49. The quantitative estimate of drug-likeness (QED) is 0.620. The Kier molecular flexibility index (Phi) is 2.94. The average molecular weight is 298 g/mol. The zero-order valence-corrected chi connectivity index (χ0v) is 11.3. The average Bonchev–Trinajstić information content (AvgIpc) is 2.71. The lowest BCUT2D eigenvalue weighted by molar-refractivity contribution is 1.19. The maximum absolute atomic E-state index is 6.16. The minimum Gasteiger partial charge on any atom is -0.306 e. The van der Waals surface area contributed by atoms with Crippen molar-refractivity contribution in [3.05, 3.63) is 57.8 Å². The van der Waals surface area contributed by atoms with E-state index in [1.54, 1.807) is 18.2 Å². The van der Waals surface area contributed by atoms with Crippen LogP contribution in [0.2, 0.25) is 15.1 Å². The first-order valence-electron chi connectivity index (χ1n) is 5.23. The van der Waals surface area contributed by atoms with Gasteiger partial charge in [-0.15, -0.1) is 0 Å². The first-order valence-corrected chi connectivity index (χ1v) is 6.36. The Morgan fingerprint density at radius 3 is 2.50 bits per heavy atom. The topological polar surface area (TPSA) is 17.3 Å². The van der Waals surface area contributed by atoms with Crippen molar-refractivity contribution < 1.29 is 0 Å². The molecule has 18 heavy (non-hydrogen) atoms. The number of aromatic nitrogens is 2. The van der Waals surface area contributed by atoms with E-state index in [0.29, 0.717) is 15.1 Å². The van der Waals surface area contributed by atoms with Crippen LogP contribution in [0.25, 0.3) is 16.9 Å². The van der Waals surface area contributed by atoms with Gasteiger partial charge in [-0.1, -0.05) is 34.8 Å². The van der Waals surface area contributed by atoms with Gasteiger partial charge in [0.25, 0.3) is 0 Å². The first-order chi connectivity index (χ1) is 8.63. The molecule has 0 N–H and O–H groups in total. The zero-order chi connectivity index (χ0) is 12.7. The molecule has 0 spiro atoms. The van der Waals surface area contributed by atoms with Crippen LogP contribution in [0.1, 0.15) is 0 Å². The highest BCUT2D eigenvalue weighted by molar-refractivity contribution is 6.36. The zero-order valence-electron chi connectivity index (χ0n) is 9.07. The van der Waals surface area contributed by atoms with Gasteiger partial charge in [-0.05, 0) is 24.3 Å².